The van der Waals surface area contributed by atoms with Crippen LogP contribution in [0, 0.1) is 5.41 Å². The Morgan fingerprint density at radius 3 is 2.14 bits per heavy atom. The molecule has 0 aliphatic heterocycles. The van der Waals surface area contributed by atoms with Crippen LogP contribution in [0.15, 0.2) is 24.3 Å². The second-order valence-electron chi connectivity index (χ2n) is 5.93. The fourth-order valence-corrected chi connectivity index (χ4v) is 1.61. The van der Waals surface area contributed by atoms with Crippen LogP contribution in [0.4, 0.5) is 0 Å². The molecule has 5 nitrogen and oxygen atoms in total. The lowest BCUT2D eigenvalue weighted by molar-refractivity contribution is 0.0212. The molecule has 0 amide bonds. The average molecular weight is 308 g/mol. The van der Waals surface area contributed by atoms with Gasteiger partial charge < -0.3 is 14.6 Å². The van der Waals surface area contributed by atoms with Gasteiger partial charge in [-0.1, -0.05) is 39.3 Å². The van der Waals surface area contributed by atoms with Crippen LogP contribution in [0.2, 0.25) is 0 Å². The molecule has 0 fully saturated rings. The second kappa shape index (κ2) is 8.54. The van der Waals surface area contributed by atoms with Crippen LogP contribution >= 0.6 is 0 Å². The number of carbonyl (C=O) groups is 2. The molecule has 0 unspecified atom stereocenters. The Morgan fingerprint density at radius 1 is 1.09 bits per heavy atom. The van der Waals surface area contributed by atoms with E-state index in [1.54, 1.807) is 32.0 Å². The van der Waals surface area contributed by atoms with E-state index in [0.717, 1.165) is 12.8 Å². The lowest BCUT2D eigenvalue weighted by Gasteiger charge is -2.21. The SMILES string of the molecule is CCCCOC(=O)c1ccccc1C(=O)OCC(C)(C)CO. The summed E-state index contributed by atoms with van der Waals surface area (Å²) in [6.07, 6.45) is 1.70. The van der Waals surface area contributed by atoms with Crippen molar-refractivity contribution >= 4 is 11.9 Å². The minimum atomic E-state index is -0.593. The maximum Gasteiger partial charge on any atom is 0.339 e. The number of hydrogen-bond acceptors (Lipinski definition) is 5. The standard InChI is InChI=1S/C17H24O5/c1-4-5-10-21-15(19)13-8-6-7-9-14(13)16(20)22-12-17(2,3)11-18/h6-9,18H,4-5,10-12H2,1-3H3. The first-order valence-corrected chi connectivity index (χ1v) is 7.45. The highest BCUT2D eigenvalue weighted by atomic mass is 16.5. The maximum atomic E-state index is 12.2. The van der Waals surface area contributed by atoms with Gasteiger partial charge in [0, 0.05) is 5.41 Å². The summed E-state index contributed by atoms with van der Waals surface area (Å²) in [7, 11) is 0. The van der Waals surface area contributed by atoms with Gasteiger partial charge >= 0.3 is 11.9 Å². The van der Waals surface area contributed by atoms with Crippen LogP contribution in [0.25, 0.3) is 0 Å². The van der Waals surface area contributed by atoms with Crippen molar-refractivity contribution in [2.75, 3.05) is 19.8 Å². The third kappa shape index (κ3) is 5.48. The molecule has 0 atom stereocenters. The lowest BCUT2D eigenvalue weighted by Crippen LogP contribution is -2.26. The zero-order chi connectivity index (χ0) is 16.6. The molecule has 0 heterocycles. The van der Waals surface area contributed by atoms with Gasteiger partial charge in [0.1, 0.15) is 0 Å². The Morgan fingerprint density at radius 2 is 1.64 bits per heavy atom. The van der Waals surface area contributed by atoms with E-state index in [1.165, 1.54) is 6.07 Å². The van der Waals surface area contributed by atoms with Crippen LogP contribution < -0.4 is 0 Å². The largest absolute Gasteiger partial charge is 0.462 e. The highest BCUT2D eigenvalue weighted by molar-refractivity contribution is 6.03. The van der Waals surface area contributed by atoms with E-state index in [9.17, 15) is 14.7 Å². The van der Waals surface area contributed by atoms with Crippen molar-refractivity contribution in [1.82, 2.24) is 0 Å². The molecule has 0 aliphatic carbocycles. The fraction of sp³-hybridized carbons (Fsp3) is 0.529. The Bertz CT molecular complexity index is 508. The quantitative estimate of drug-likeness (QED) is 0.590. The van der Waals surface area contributed by atoms with Gasteiger partial charge in [-0.3, -0.25) is 0 Å². The number of benzene rings is 1. The zero-order valence-electron chi connectivity index (χ0n) is 13.4. The Labute approximate surface area is 131 Å². The fourth-order valence-electron chi connectivity index (χ4n) is 1.61. The predicted octanol–water partition coefficient (Wildman–Crippen LogP) is 2.82. The van der Waals surface area contributed by atoms with Crippen molar-refractivity contribution in [3.05, 3.63) is 35.4 Å². The first-order chi connectivity index (χ1) is 10.4. The molecular formula is C17H24O5. The van der Waals surface area contributed by atoms with E-state index < -0.39 is 17.4 Å². The van der Waals surface area contributed by atoms with Gasteiger partial charge in [0.25, 0.3) is 0 Å². The van der Waals surface area contributed by atoms with Crippen LogP contribution in [0.3, 0.4) is 0 Å². The van der Waals surface area contributed by atoms with Gasteiger partial charge in [0.05, 0.1) is 30.9 Å². The van der Waals surface area contributed by atoms with E-state index in [2.05, 4.69) is 0 Å². The summed E-state index contributed by atoms with van der Waals surface area (Å²) in [5, 5.41) is 9.18. The molecule has 122 valence electrons. The zero-order valence-corrected chi connectivity index (χ0v) is 13.4. The number of unbranched alkanes of at least 4 members (excludes halogenated alkanes) is 1. The summed E-state index contributed by atoms with van der Waals surface area (Å²) in [6, 6.07) is 6.41. The second-order valence-corrected chi connectivity index (χ2v) is 5.93. The van der Waals surface area contributed by atoms with Gasteiger partial charge in [-0.25, -0.2) is 9.59 Å². The number of esters is 2. The van der Waals surface area contributed by atoms with Crippen molar-refractivity contribution < 1.29 is 24.2 Å². The minimum absolute atomic E-state index is 0.0710. The number of aliphatic hydroxyl groups excluding tert-OH is 1. The highest BCUT2D eigenvalue weighted by Crippen LogP contribution is 2.17. The van der Waals surface area contributed by atoms with Crippen molar-refractivity contribution in [1.29, 1.82) is 0 Å². The highest BCUT2D eigenvalue weighted by Gasteiger charge is 2.23. The Hall–Kier alpha value is -1.88. The molecule has 1 aromatic rings. The van der Waals surface area contributed by atoms with Gasteiger partial charge in [-0.15, -0.1) is 0 Å². The van der Waals surface area contributed by atoms with Crippen LogP contribution in [0.1, 0.15) is 54.3 Å². The first-order valence-electron chi connectivity index (χ1n) is 7.45. The van der Waals surface area contributed by atoms with Crippen molar-refractivity contribution in [2.45, 2.75) is 33.6 Å². The monoisotopic (exact) mass is 308 g/mol. The summed E-state index contributed by atoms with van der Waals surface area (Å²) in [5.41, 5.74) is -0.144. The predicted molar refractivity (Wildman–Crippen MR) is 82.8 cm³/mol. The topological polar surface area (TPSA) is 72.8 Å². The third-order valence-electron chi connectivity index (χ3n) is 3.12. The molecule has 5 heteroatoms. The van der Waals surface area contributed by atoms with E-state index in [1.807, 2.05) is 6.92 Å². The normalized spacial score (nSPS) is 11.1. The van der Waals surface area contributed by atoms with Crippen LogP contribution in [-0.4, -0.2) is 36.9 Å². The molecule has 0 aliphatic rings. The molecule has 0 saturated heterocycles. The number of ether oxygens (including phenoxy) is 2. The number of aliphatic hydroxyl groups is 1. The summed E-state index contributed by atoms with van der Waals surface area (Å²) < 4.78 is 10.3. The van der Waals surface area contributed by atoms with E-state index in [0.29, 0.717) is 6.61 Å². The van der Waals surface area contributed by atoms with E-state index in [-0.39, 0.29) is 24.3 Å². The van der Waals surface area contributed by atoms with Crippen LogP contribution in [0.5, 0.6) is 0 Å². The molecule has 0 radical (unpaired) electrons. The number of hydrogen-bond donors (Lipinski definition) is 1. The molecule has 0 saturated carbocycles. The minimum Gasteiger partial charge on any atom is -0.462 e. The van der Waals surface area contributed by atoms with Crippen LogP contribution in [-0.2, 0) is 9.47 Å². The van der Waals surface area contributed by atoms with E-state index in [4.69, 9.17) is 9.47 Å². The van der Waals surface area contributed by atoms with Crippen molar-refractivity contribution in [3.63, 3.8) is 0 Å². The van der Waals surface area contributed by atoms with Crippen molar-refractivity contribution in [3.8, 4) is 0 Å². The molecule has 0 aromatic heterocycles. The Kier molecular flexibility index (Phi) is 7.05. The van der Waals surface area contributed by atoms with Crippen molar-refractivity contribution in [2.24, 2.45) is 5.41 Å². The molecule has 0 spiro atoms. The molecule has 22 heavy (non-hydrogen) atoms. The van der Waals surface area contributed by atoms with Gasteiger partial charge in [0.2, 0.25) is 0 Å². The number of rotatable bonds is 8. The molecule has 1 aromatic carbocycles. The molecular weight excluding hydrogens is 284 g/mol. The summed E-state index contributed by atoms with van der Waals surface area (Å²) in [4.78, 5) is 24.2. The summed E-state index contributed by atoms with van der Waals surface area (Å²) in [5.74, 6) is -1.12. The summed E-state index contributed by atoms with van der Waals surface area (Å²) >= 11 is 0. The maximum absolute atomic E-state index is 12.2. The molecule has 1 rings (SSSR count). The van der Waals surface area contributed by atoms with Gasteiger partial charge in [-0.05, 0) is 18.6 Å². The number of carbonyl (C=O) groups excluding carboxylic acids is 2. The summed E-state index contributed by atoms with van der Waals surface area (Å²) in [6.45, 7) is 5.87. The van der Waals surface area contributed by atoms with E-state index >= 15 is 0 Å². The molecule has 0 bridgehead atoms. The van der Waals surface area contributed by atoms with Gasteiger partial charge in [0.15, 0.2) is 0 Å². The third-order valence-corrected chi connectivity index (χ3v) is 3.12. The average Bonchev–Trinajstić information content (AvgIpc) is 2.53. The first kappa shape index (κ1) is 18.2. The lowest BCUT2D eigenvalue weighted by atomic mass is 9.96. The molecule has 1 N–H and O–H groups in total. The van der Waals surface area contributed by atoms with Gasteiger partial charge in [-0.2, -0.15) is 0 Å². The smallest absolute Gasteiger partial charge is 0.339 e. The Balaban J connectivity index is 2.78.